The fourth-order valence-electron chi connectivity index (χ4n) is 3.03. The molecule has 1 saturated carbocycles. The number of morpholine rings is 1. The minimum absolute atomic E-state index is 0.00698. The van der Waals surface area contributed by atoms with Crippen LogP contribution in [0.4, 0.5) is 0 Å². The summed E-state index contributed by atoms with van der Waals surface area (Å²) in [6.45, 7) is 2.46. The molecule has 0 unspecified atom stereocenters. The third-order valence-corrected chi connectivity index (χ3v) is 4.57. The van der Waals surface area contributed by atoms with Crippen LogP contribution in [-0.2, 0) is 4.74 Å². The first kappa shape index (κ1) is 15.2. The number of hydrogen-bond acceptors (Lipinski definition) is 4. The zero-order valence-electron chi connectivity index (χ0n) is 13.8. The summed E-state index contributed by atoms with van der Waals surface area (Å²) in [4.78, 5) is 14.5. The second-order valence-corrected chi connectivity index (χ2v) is 6.24. The highest BCUT2D eigenvalue weighted by molar-refractivity contribution is 5.92. The number of carbonyl (C=O) groups is 1. The van der Waals surface area contributed by atoms with Crippen LogP contribution in [0.1, 0.15) is 34.9 Å². The Morgan fingerprint density at radius 3 is 2.54 bits per heavy atom. The molecule has 0 radical (unpaired) electrons. The van der Waals surface area contributed by atoms with E-state index in [1.54, 1.807) is 7.11 Å². The van der Waals surface area contributed by atoms with E-state index in [9.17, 15) is 4.79 Å². The summed E-state index contributed by atoms with van der Waals surface area (Å²) in [5.41, 5.74) is 2.60. The molecule has 1 saturated heterocycles. The van der Waals surface area contributed by atoms with Crippen molar-refractivity contribution in [3.05, 3.63) is 41.7 Å². The highest BCUT2D eigenvalue weighted by Gasteiger charge is 2.31. The Morgan fingerprint density at radius 1 is 1.21 bits per heavy atom. The molecule has 1 aliphatic carbocycles. The molecule has 0 bridgehead atoms. The van der Waals surface area contributed by atoms with Gasteiger partial charge in [-0.15, -0.1) is 0 Å². The van der Waals surface area contributed by atoms with Gasteiger partial charge in [0, 0.05) is 24.7 Å². The molecule has 0 N–H and O–H groups in total. The summed E-state index contributed by atoms with van der Waals surface area (Å²) in [7, 11) is 1.65. The lowest BCUT2D eigenvalue weighted by atomic mass is 10.2. The highest BCUT2D eigenvalue weighted by Crippen LogP contribution is 2.41. The van der Waals surface area contributed by atoms with Gasteiger partial charge in [-0.25, -0.2) is 4.68 Å². The van der Waals surface area contributed by atoms with Gasteiger partial charge in [-0.05, 0) is 43.2 Å². The molecule has 24 heavy (non-hydrogen) atoms. The maximum absolute atomic E-state index is 12.7. The molecule has 2 fully saturated rings. The quantitative estimate of drug-likeness (QED) is 0.864. The molecule has 0 atom stereocenters. The molecule has 6 heteroatoms. The van der Waals surface area contributed by atoms with Crippen molar-refractivity contribution >= 4 is 5.91 Å². The first-order valence-electron chi connectivity index (χ1n) is 8.37. The van der Waals surface area contributed by atoms with E-state index in [-0.39, 0.29) is 5.91 Å². The van der Waals surface area contributed by atoms with E-state index in [1.807, 2.05) is 39.9 Å². The van der Waals surface area contributed by atoms with E-state index in [0.717, 1.165) is 30.0 Å². The molecule has 1 aromatic carbocycles. The van der Waals surface area contributed by atoms with Gasteiger partial charge in [0.25, 0.3) is 5.91 Å². The van der Waals surface area contributed by atoms with Crippen LogP contribution in [0.5, 0.6) is 5.75 Å². The fraction of sp³-hybridized carbons (Fsp3) is 0.444. The topological polar surface area (TPSA) is 56.6 Å². The Labute approximate surface area is 141 Å². The molecule has 2 aromatic rings. The Hall–Kier alpha value is -2.34. The SMILES string of the molecule is COc1ccc(-n2nc(C(=O)N3CCOCC3)cc2C2CC2)cc1. The standard InChI is InChI=1S/C18H21N3O3/c1-23-15-6-4-14(5-7-15)21-17(13-2-3-13)12-16(19-21)18(22)20-8-10-24-11-9-20/h4-7,12-13H,2-3,8-11H2,1H3. The van der Waals surface area contributed by atoms with Crippen LogP contribution in [0.2, 0.25) is 0 Å². The molecular weight excluding hydrogens is 306 g/mol. The lowest BCUT2D eigenvalue weighted by molar-refractivity contribution is 0.0298. The summed E-state index contributed by atoms with van der Waals surface area (Å²) in [6, 6.07) is 9.73. The smallest absolute Gasteiger partial charge is 0.274 e. The van der Waals surface area contributed by atoms with Crippen LogP contribution < -0.4 is 4.74 Å². The average molecular weight is 327 g/mol. The molecular formula is C18H21N3O3. The summed E-state index contributed by atoms with van der Waals surface area (Å²) >= 11 is 0. The van der Waals surface area contributed by atoms with Crippen LogP contribution in [0.15, 0.2) is 30.3 Å². The van der Waals surface area contributed by atoms with Crippen molar-refractivity contribution in [2.24, 2.45) is 0 Å². The van der Waals surface area contributed by atoms with Crippen LogP contribution in [0, 0.1) is 0 Å². The van der Waals surface area contributed by atoms with Crippen LogP contribution in [-0.4, -0.2) is 54.0 Å². The van der Waals surface area contributed by atoms with Crippen molar-refractivity contribution in [2.75, 3.05) is 33.4 Å². The Kier molecular flexibility index (Phi) is 3.98. The number of nitrogens with zero attached hydrogens (tertiary/aromatic N) is 3. The number of amides is 1. The van der Waals surface area contributed by atoms with Crippen LogP contribution in [0.3, 0.4) is 0 Å². The van der Waals surface area contributed by atoms with E-state index in [0.29, 0.717) is 37.9 Å². The second-order valence-electron chi connectivity index (χ2n) is 6.24. The van der Waals surface area contributed by atoms with E-state index in [2.05, 4.69) is 5.10 Å². The van der Waals surface area contributed by atoms with Crippen LogP contribution >= 0.6 is 0 Å². The maximum atomic E-state index is 12.7. The van der Waals surface area contributed by atoms with Crippen molar-refractivity contribution in [2.45, 2.75) is 18.8 Å². The van der Waals surface area contributed by atoms with Crippen molar-refractivity contribution in [1.29, 1.82) is 0 Å². The first-order valence-corrected chi connectivity index (χ1v) is 8.37. The third kappa shape index (κ3) is 2.89. The minimum atomic E-state index is -0.00698. The number of ether oxygens (including phenoxy) is 2. The second kappa shape index (κ2) is 6.28. The third-order valence-electron chi connectivity index (χ3n) is 4.57. The molecule has 1 amide bonds. The summed E-state index contributed by atoms with van der Waals surface area (Å²) < 4.78 is 12.4. The lowest BCUT2D eigenvalue weighted by Crippen LogP contribution is -2.40. The van der Waals surface area contributed by atoms with E-state index in [4.69, 9.17) is 9.47 Å². The van der Waals surface area contributed by atoms with Gasteiger partial charge in [0.15, 0.2) is 5.69 Å². The van der Waals surface area contributed by atoms with Gasteiger partial charge < -0.3 is 14.4 Å². The lowest BCUT2D eigenvalue weighted by Gasteiger charge is -2.25. The Bertz CT molecular complexity index is 728. The number of benzene rings is 1. The molecule has 1 aliphatic heterocycles. The number of carbonyl (C=O) groups excluding carboxylic acids is 1. The summed E-state index contributed by atoms with van der Waals surface area (Å²) in [5.74, 6) is 1.31. The predicted molar refractivity (Wildman–Crippen MR) is 88.8 cm³/mol. The van der Waals surface area contributed by atoms with Gasteiger partial charge >= 0.3 is 0 Å². The van der Waals surface area contributed by atoms with Crippen molar-refractivity contribution < 1.29 is 14.3 Å². The number of hydrogen-bond donors (Lipinski definition) is 0. The molecule has 2 aliphatic rings. The van der Waals surface area contributed by atoms with Crippen molar-refractivity contribution in [1.82, 2.24) is 14.7 Å². The Balaban J connectivity index is 1.65. The Morgan fingerprint density at radius 2 is 1.92 bits per heavy atom. The van der Waals surface area contributed by atoms with E-state index >= 15 is 0 Å². The van der Waals surface area contributed by atoms with E-state index < -0.39 is 0 Å². The van der Waals surface area contributed by atoms with Gasteiger partial charge in [0.2, 0.25) is 0 Å². The van der Waals surface area contributed by atoms with Gasteiger partial charge in [-0.1, -0.05) is 0 Å². The molecule has 0 spiro atoms. The van der Waals surface area contributed by atoms with Crippen LogP contribution in [0.25, 0.3) is 5.69 Å². The molecule has 4 rings (SSSR count). The molecule has 126 valence electrons. The molecule has 6 nitrogen and oxygen atoms in total. The highest BCUT2D eigenvalue weighted by atomic mass is 16.5. The fourth-order valence-corrected chi connectivity index (χ4v) is 3.03. The molecule has 2 heterocycles. The van der Waals surface area contributed by atoms with Crippen molar-refractivity contribution in [3.63, 3.8) is 0 Å². The number of aromatic nitrogens is 2. The monoisotopic (exact) mass is 327 g/mol. The van der Waals surface area contributed by atoms with Crippen molar-refractivity contribution in [3.8, 4) is 11.4 Å². The van der Waals surface area contributed by atoms with E-state index in [1.165, 1.54) is 0 Å². The minimum Gasteiger partial charge on any atom is -0.497 e. The zero-order chi connectivity index (χ0) is 16.5. The van der Waals surface area contributed by atoms with Gasteiger partial charge in [-0.3, -0.25) is 4.79 Å². The van der Waals surface area contributed by atoms with Gasteiger partial charge in [0.05, 0.1) is 26.0 Å². The van der Waals surface area contributed by atoms with Gasteiger partial charge in [0.1, 0.15) is 5.75 Å². The summed E-state index contributed by atoms with van der Waals surface area (Å²) in [6.07, 6.45) is 2.32. The summed E-state index contributed by atoms with van der Waals surface area (Å²) in [5, 5.41) is 4.62. The van der Waals surface area contributed by atoms with Gasteiger partial charge in [-0.2, -0.15) is 5.10 Å². The normalized spacial score (nSPS) is 17.8. The zero-order valence-corrected chi connectivity index (χ0v) is 13.8. The maximum Gasteiger partial charge on any atom is 0.274 e. The largest absolute Gasteiger partial charge is 0.497 e. The molecule has 1 aromatic heterocycles. The first-order chi connectivity index (χ1) is 11.8. The average Bonchev–Trinajstić information content (AvgIpc) is 3.40. The predicted octanol–water partition coefficient (Wildman–Crippen LogP) is 2.23. The number of methoxy groups -OCH3 is 1. The number of rotatable bonds is 4.